The topological polar surface area (TPSA) is 44.5 Å². The minimum Gasteiger partial charge on any atom is -0.497 e. The van der Waals surface area contributed by atoms with Crippen molar-refractivity contribution in [2.75, 3.05) is 14.2 Å². The summed E-state index contributed by atoms with van der Waals surface area (Å²) in [7, 11) is 3.31. The van der Waals surface area contributed by atoms with Gasteiger partial charge in [0, 0.05) is 11.6 Å². The molecule has 0 unspecified atom stereocenters. The molecule has 1 aliphatic carbocycles. The molecule has 2 rings (SSSR count). The Labute approximate surface area is 90.2 Å². The van der Waals surface area contributed by atoms with E-state index in [0.29, 0.717) is 0 Å². The van der Waals surface area contributed by atoms with Crippen molar-refractivity contribution in [2.45, 2.75) is 24.8 Å². The molecule has 1 fully saturated rings. The molecule has 1 aromatic carbocycles. The van der Waals surface area contributed by atoms with Crippen molar-refractivity contribution < 1.29 is 9.47 Å². The number of hydrogen-bond acceptors (Lipinski definition) is 3. The number of methoxy groups -OCH3 is 2. The first-order chi connectivity index (χ1) is 7.18. The molecule has 0 bridgehead atoms. The lowest BCUT2D eigenvalue weighted by Gasteiger charge is -2.38. The van der Waals surface area contributed by atoms with Crippen molar-refractivity contribution in [3.05, 3.63) is 23.8 Å². The van der Waals surface area contributed by atoms with Crippen molar-refractivity contribution >= 4 is 0 Å². The van der Waals surface area contributed by atoms with E-state index >= 15 is 0 Å². The Balaban J connectivity index is 2.37. The van der Waals surface area contributed by atoms with Gasteiger partial charge in [0.1, 0.15) is 11.5 Å². The van der Waals surface area contributed by atoms with E-state index < -0.39 is 0 Å². The lowest BCUT2D eigenvalue weighted by molar-refractivity contribution is 0.251. The molecule has 0 heterocycles. The normalized spacial score (nSPS) is 18.1. The van der Waals surface area contributed by atoms with Crippen LogP contribution in [0.5, 0.6) is 11.5 Å². The van der Waals surface area contributed by atoms with E-state index in [9.17, 15) is 0 Å². The van der Waals surface area contributed by atoms with Gasteiger partial charge in [-0.1, -0.05) is 0 Å². The van der Waals surface area contributed by atoms with Gasteiger partial charge in [-0.25, -0.2) is 0 Å². The second-order valence-electron chi connectivity index (χ2n) is 4.11. The Morgan fingerprint density at radius 3 is 1.93 bits per heavy atom. The van der Waals surface area contributed by atoms with E-state index in [4.69, 9.17) is 15.2 Å². The molecule has 3 heteroatoms. The lowest BCUT2D eigenvalue weighted by atomic mass is 9.73. The van der Waals surface area contributed by atoms with Gasteiger partial charge in [0.25, 0.3) is 0 Å². The summed E-state index contributed by atoms with van der Waals surface area (Å²) >= 11 is 0. The average Bonchev–Trinajstić information content (AvgIpc) is 2.25. The third-order valence-electron chi connectivity index (χ3n) is 3.17. The zero-order chi connectivity index (χ0) is 10.9. The van der Waals surface area contributed by atoms with Crippen LogP contribution >= 0.6 is 0 Å². The molecule has 1 aromatic rings. The number of ether oxygens (including phenoxy) is 2. The number of benzene rings is 1. The summed E-state index contributed by atoms with van der Waals surface area (Å²) in [6, 6.07) is 5.87. The van der Waals surface area contributed by atoms with Crippen molar-refractivity contribution in [2.24, 2.45) is 5.73 Å². The van der Waals surface area contributed by atoms with E-state index in [0.717, 1.165) is 29.9 Å². The smallest absolute Gasteiger partial charge is 0.122 e. The number of rotatable bonds is 3. The van der Waals surface area contributed by atoms with Gasteiger partial charge in [0.15, 0.2) is 0 Å². The first kappa shape index (κ1) is 10.3. The van der Waals surface area contributed by atoms with Crippen molar-refractivity contribution in [1.82, 2.24) is 0 Å². The maximum absolute atomic E-state index is 6.26. The third kappa shape index (κ3) is 1.79. The van der Waals surface area contributed by atoms with Gasteiger partial charge in [-0.2, -0.15) is 0 Å². The van der Waals surface area contributed by atoms with Gasteiger partial charge in [-0.3, -0.25) is 0 Å². The molecule has 0 aliphatic heterocycles. The Hall–Kier alpha value is -1.22. The molecule has 3 nitrogen and oxygen atoms in total. The second kappa shape index (κ2) is 3.74. The molecule has 0 radical (unpaired) electrons. The lowest BCUT2D eigenvalue weighted by Crippen LogP contribution is -2.43. The third-order valence-corrected chi connectivity index (χ3v) is 3.17. The van der Waals surface area contributed by atoms with Crippen LogP contribution in [0.4, 0.5) is 0 Å². The van der Waals surface area contributed by atoms with Crippen molar-refractivity contribution in [3.8, 4) is 11.5 Å². The number of nitrogens with two attached hydrogens (primary N) is 1. The van der Waals surface area contributed by atoms with Crippen LogP contribution in [0.15, 0.2) is 18.2 Å². The van der Waals surface area contributed by atoms with E-state index in [1.54, 1.807) is 14.2 Å². The maximum Gasteiger partial charge on any atom is 0.122 e. The van der Waals surface area contributed by atoms with Gasteiger partial charge < -0.3 is 15.2 Å². The zero-order valence-corrected chi connectivity index (χ0v) is 9.25. The fourth-order valence-electron chi connectivity index (χ4n) is 1.94. The highest BCUT2D eigenvalue weighted by Crippen LogP contribution is 2.41. The maximum atomic E-state index is 6.26. The SMILES string of the molecule is COc1cc(OC)cc(C2(N)CCC2)c1. The van der Waals surface area contributed by atoms with Gasteiger partial charge in [0.05, 0.1) is 14.2 Å². The Kier molecular flexibility index (Phi) is 2.57. The molecule has 0 aromatic heterocycles. The molecule has 15 heavy (non-hydrogen) atoms. The van der Waals surface area contributed by atoms with Crippen LogP contribution < -0.4 is 15.2 Å². The second-order valence-corrected chi connectivity index (χ2v) is 4.11. The Bertz CT molecular complexity index is 336. The highest BCUT2D eigenvalue weighted by molar-refractivity contribution is 5.42. The van der Waals surface area contributed by atoms with Crippen LogP contribution in [0.2, 0.25) is 0 Å². The number of hydrogen-bond donors (Lipinski definition) is 1. The van der Waals surface area contributed by atoms with E-state index in [1.165, 1.54) is 6.42 Å². The minimum absolute atomic E-state index is 0.165. The molecule has 1 saturated carbocycles. The van der Waals surface area contributed by atoms with Gasteiger partial charge in [-0.05, 0) is 37.0 Å². The van der Waals surface area contributed by atoms with Crippen LogP contribution in [0, 0.1) is 0 Å². The van der Waals surface area contributed by atoms with Crippen molar-refractivity contribution in [3.63, 3.8) is 0 Å². The van der Waals surface area contributed by atoms with Gasteiger partial charge in [0.2, 0.25) is 0 Å². The highest BCUT2D eigenvalue weighted by Gasteiger charge is 2.34. The molecule has 0 amide bonds. The molecule has 0 atom stereocenters. The van der Waals surface area contributed by atoms with Crippen LogP contribution in [-0.4, -0.2) is 14.2 Å². The summed E-state index contributed by atoms with van der Waals surface area (Å²) in [5.41, 5.74) is 7.21. The van der Waals surface area contributed by atoms with Gasteiger partial charge >= 0.3 is 0 Å². The summed E-state index contributed by atoms with van der Waals surface area (Å²) in [5.74, 6) is 1.61. The van der Waals surface area contributed by atoms with Crippen molar-refractivity contribution in [1.29, 1.82) is 0 Å². The molecule has 0 saturated heterocycles. The Morgan fingerprint density at radius 2 is 1.60 bits per heavy atom. The summed E-state index contributed by atoms with van der Waals surface area (Å²) < 4.78 is 10.5. The van der Waals surface area contributed by atoms with Crippen LogP contribution in [0.25, 0.3) is 0 Å². The molecular weight excluding hydrogens is 190 g/mol. The highest BCUT2D eigenvalue weighted by atomic mass is 16.5. The molecule has 2 N–H and O–H groups in total. The fraction of sp³-hybridized carbons (Fsp3) is 0.500. The largest absolute Gasteiger partial charge is 0.497 e. The van der Waals surface area contributed by atoms with Gasteiger partial charge in [-0.15, -0.1) is 0 Å². The Morgan fingerprint density at radius 1 is 1.07 bits per heavy atom. The van der Waals surface area contributed by atoms with E-state index in [2.05, 4.69) is 0 Å². The van der Waals surface area contributed by atoms with Crippen LogP contribution in [0.3, 0.4) is 0 Å². The molecule has 1 aliphatic rings. The average molecular weight is 207 g/mol. The first-order valence-corrected chi connectivity index (χ1v) is 5.20. The first-order valence-electron chi connectivity index (χ1n) is 5.20. The molecular formula is C12H17NO2. The predicted molar refractivity (Wildman–Crippen MR) is 59.3 cm³/mol. The molecule has 0 spiro atoms. The van der Waals surface area contributed by atoms with E-state index in [1.807, 2.05) is 18.2 Å². The predicted octanol–water partition coefficient (Wildman–Crippen LogP) is 2.04. The minimum atomic E-state index is -0.165. The summed E-state index contributed by atoms with van der Waals surface area (Å²) in [5, 5.41) is 0. The molecule has 82 valence electrons. The van der Waals surface area contributed by atoms with E-state index in [-0.39, 0.29) is 5.54 Å². The summed E-state index contributed by atoms with van der Waals surface area (Å²) in [6.07, 6.45) is 3.29. The zero-order valence-electron chi connectivity index (χ0n) is 9.25. The summed E-state index contributed by atoms with van der Waals surface area (Å²) in [4.78, 5) is 0. The van der Waals surface area contributed by atoms with Crippen LogP contribution in [0.1, 0.15) is 24.8 Å². The quantitative estimate of drug-likeness (QED) is 0.825. The fourth-order valence-corrected chi connectivity index (χ4v) is 1.94. The van der Waals surface area contributed by atoms with Crippen LogP contribution in [-0.2, 0) is 5.54 Å². The summed E-state index contributed by atoms with van der Waals surface area (Å²) in [6.45, 7) is 0. The standard InChI is InChI=1S/C12H17NO2/c1-14-10-6-9(7-11(8-10)15-2)12(13)4-3-5-12/h6-8H,3-5,13H2,1-2H3. The monoisotopic (exact) mass is 207 g/mol.